The molecule has 1 aliphatic heterocycles. The first-order valence-corrected chi connectivity index (χ1v) is 5.85. The van der Waals surface area contributed by atoms with Crippen molar-refractivity contribution >= 4 is 35.1 Å². The first-order chi connectivity index (χ1) is 8.38. The summed E-state index contributed by atoms with van der Waals surface area (Å²) in [7, 11) is 1.53. The Kier molecular flexibility index (Phi) is 3.21. The number of amides is 1. The highest BCUT2D eigenvalue weighted by molar-refractivity contribution is 6.35. The second kappa shape index (κ2) is 4.40. The Morgan fingerprint density at radius 3 is 2.56 bits per heavy atom. The van der Waals surface area contributed by atoms with Crippen molar-refractivity contribution in [1.29, 1.82) is 0 Å². The van der Waals surface area contributed by atoms with Gasteiger partial charge in [-0.25, -0.2) is 4.39 Å². The van der Waals surface area contributed by atoms with Crippen LogP contribution in [0.4, 0.5) is 4.39 Å². The molecule has 1 atom stereocenters. The third-order valence-electron chi connectivity index (χ3n) is 2.83. The van der Waals surface area contributed by atoms with Crippen LogP contribution >= 0.6 is 23.2 Å². The number of halogens is 3. The molecule has 2 N–H and O–H groups in total. The van der Waals surface area contributed by atoms with E-state index in [0.717, 1.165) is 6.07 Å². The molecule has 1 saturated heterocycles. The highest BCUT2D eigenvalue weighted by atomic mass is 35.5. The molecule has 1 unspecified atom stereocenters. The highest BCUT2D eigenvalue weighted by Gasteiger charge is 2.43. The van der Waals surface area contributed by atoms with Gasteiger partial charge in [-0.3, -0.25) is 15.1 Å². The van der Waals surface area contributed by atoms with Gasteiger partial charge in [0, 0.05) is 17.6 Å². The van der Waals surface area contributed by atoms with Crippen molar-refractivity contribution in [2.24, 2.45) is 4.99 Å². The van der Waals surface area contributed by atoms with E-state index in [9.17, 15) is 9.18 Å². The maximum absolute atomic E-state index is 13.5. The Bertz CT molecular complexity index is 561. The smallest absolute Gasteiger partial charge is 0.256 e. The van der Waals surface area contributed by atoms with Crippen molar-refractivity contribution in [1.82, 2.24) is 10.6 Å². The van der Waals surface area contributed by atoms with Gasteiger partial charge in [0.05, 0.1) is 5.02 Å². The Hall–Kier alpha value is -1.33. The minimum atomic E-state index is -1.17. The Balaban J connectivity index is 2.55. The van der Waals surface area contributed by atoms with Crippen LogP contribution in [-0.2, 0) is 10.3 Å². The molecule has 0 saturated carbocycles. The largest absolute Gasteiger partial charge is 0.338 e. The zero-order valence-electron chi connectivity index (χ0n) is 9.64. The molecule has 0 bridgehead atoms. The number of hydrogen-bond acceptors (Lipinski definition) is 2. The van der Waals surface area contributed by atoms with Gasteiger partial charge in [-0.1, -0.05) is 23.2 Å². The first-order valence-electron chi connectivity index (χ1n) is 5.10. The van der Waals surface area contributed by atoms with Crippen LogP contribution in [0.5, 0.6) is 0 Å². The fourth-order valence-electron chi connectivity index (χ4n) is 1.76. The SMILES string of the molecule is CN=C1NC(=O)C(C)(c2cc(F)c(Cl)cc2Cl)N1. The number of benzene rings is 1. The molecular formula is C11H10Cl2FN3O. The molecule has 2 rings (SSSR count). The lowest BCUT2D eigenvalue weighted by molar-refractivity contribution is -0.123. The lowest BCUT2D eigenvalue weighted by atomic mass is 9.92. The standard InChI is InChI=1S/C11H10Cl2FN3O/c1-11(9(18)16-10(15-2)17-11)5-3-8(14)7(13)4-6(5)12/h3-4H,1-2H3,(H2,15,16,17,18). The number of rotatable bonds is 1. The minimum Gasteiger partial charge on any atom is -0.338 e. The van der Waals surface area contributed by atoms with Crippen molar-refractivity contribution < 1.29 is 9.18 Å². The summed E-state index contributed by atoms with van der Waals surface area (Å²) in [6.07, 6.45) is 0. The van der Waals surface area contributed by atoms with Crippen LogP contribution in [0.1, 0.15) is 12.5 Å². The van der Waals surface area contributed by atoms with Crippen molar-refractivity contribution in [3.63, 3.8) is 0 Å². The highest BCUT2D eigenvalue weighted by Crippen LogP contribution is 2.33. The molecule has 1 fully saturated rings. The minimum absolute atomic E-state index is 0.0878. The van der Waals surface area contributed by atoms with Crippen molar-refractivity contribution in [2.45, 2.75) is 12.5 Å². The predicted molar refractivity (Wildman–Crippen MR) is 68.4 cm³/mol. The van der Waals surface area contributed by atoms with E-state index in [0.29, 0.717) is 11.5 Å². The van der Waals surface area contributed by atoms with Crippen molar-refractivity contribution in [2.75, 3.05) is 7.05 Å². The molecule has 1 aromatic rings. The predicted octanol–water partition coefficient (Wildman–Crippen LogP) is 2.05. The lowest BCUT2D eigenvalue weighted by Crippen LogP contribution is -2.41. The van der Waals surface area contributed by atoms with Gasteiger partial charge in [-0.2, -0.15) is 0 Å². The van der Waals surface area contributed by atoms with E-state index in [-0.39, 0.29) is 16.0 Å². The summed E-state index contributed by atoms with van der Waals surface area (Å²) in [6, 6.07) is 2.42. The van der Waals surface area contributed by atoms with E-state index in [1.165, 1.54) is 13.1 Å². The van der Waals surface area contributed by atoms with E-state index in [4.69, 9.17) is 23.2 Å². The molecule has 4 nitrogen and oxygen atoms in total. The Labute approximate surface area is 113 Å². The van der Waals surface area contributed by atoms with Crippen molar-refractivity contribution in [3.05, 3.63) is 33.6 Å². The van der Waals surface area contributed by atoms with Gasteiger partial charge >= 0.3 is 0 Å². The summed E-state index contributed by atoms with van der Waals surface area (Å²) < 4.78 is 13.5. The summed E-state index contributed by atoms with van der Waals surface area (Å²) >= 11 is 11.6. The normalized spacial score (nSPS) is 25.2. The molecule has 7 heteroatoms. The third-order valence-corrected chi connectivity index (χ3v) is 3.43. The quantitative estimate of drug-likeness (QED) is 0.778. The van der Waals surface area contributed by atoms with Gasteiger partial charge in [-0.15, -0.1) is 0 Å². The maximum Gasteiger partial charge on any atom is 0.256 e. The summed E-state index contributed by atoms with van der Waals surface area (Å²) in [6.45, 7) is 1.59. The molecule has 96 valence electrons. The van der Waals surface area contributed by atoms with Gasteiger partial charge in [0.1, 0.15) is 11.4 Å². The van der Waals surface area contributed by atoms with Gasteiger partial charge in [0.2, 0.25) is 0 Å². The zero-order valence-corrected chi connectivity index (χ0v) is 11.2. The molecule has 1 amide bonds. The number of carbonyl (C=O) groups excluding carboxylic acids is 1. The fraction of sp³-hybridized carbons (Fsp3) is 0.273. The van der Waals surface area contributed by atoms with E-state index < -0.39 is 11.4 Å². The van der Waals surface area contributed by atoms with E-state index in [2.05, 4.69) is 15.6 Å². The number of aliphatic imine (C=N–C) groups is 1. The number of carbonyl (C=O) groups is 1. The molecule has 1 aromatic carbocycles. The van der Waals surface area contributed by atoms with E-state index >= 15 is 0 Å². The van der Waals surface area contributed by atoms with Gasteiger partial charge in [-0.05, 0) is 19.1 Å². The molecule has 0 aliphatic carbocycles. The molecule has 0 aromatic heterocycles. The van der Waals surface area contributed by atoms with Crippen molar-refractivity contribution in [3.8, 4) is 0 Å². The second-order valence-electron chi connectivity index (χ2n) is 4.02. The molecular weight excluding hydrogens is 280 g/mol. The van der Waals surface area contributed by atoms with Crippen LogP contribution in [0.2, 0.25) is 10.0 Å². The molecule has 1 aliphatic rings. The van der Waals surface area contributed by atoms with Gasteiger partial charge < -0.3 is 5.32 Å². The monoisotopic (exact) mass is 289 g/mol. The number of hydrogen-bond donors (Lipinski definition) is 2. The van der Waals surface area contributed by atoms with E-state index in [1.54, 1.807) is 6.92 Å². The molecule has 1 heterocycles. The lowest BCUT2D eigenvalue weighted by Gasteiger charge is -2.23. The molecule has 0 spiro atoms. The van der Waals surface area contributed by atoms with Crippen LogP contribution in [0, 0.1) is 5.82 Å². The number of nitrogens with zero attached hydrogens (tertiary/aromatic N) is 1. The van der Waals surface area contributed by atoms with Gasteiger partial charge in [0.15, 0.2) is 5.96 Å². The van der Waals surface area contributed by atoms with Crippen LogP contribution in [0.3, 0.4) is 0 Å². The van der Waals surface area contributed by atoms with Crippen LogP contribution in [-0.4, -0.2) is 18.9 Å². The maximum atomic E-state index is 13.5. The van der Waals surface area contributed by atoms with Crippen LogP contribution in [0.25, 0.3) is 0 Å². The number of guanidine groups is 1. The Morgan fingerprint density at radius 2 is 2.00 bits per heavy atom. The average molecular weight is 290 g/mol. The number of nitrogens with one attached hydrogen (secondary N) is 2. The average Bonchev–Trinajstić information content (AvgIpc) is 2.61. The second-order valence-corrected chi connectivity index (χ2v) is 4.84. The van der Waals surface area contributed by atoms with Gasteiger partial charge in [0.25, 0.3) is 5.91 Å². The van der Waals surface area contributed by atoms with Crippen LogP contribution in [0.15, 0.2) is 17.1 Å². The summed E-state index contributed by atoms with van der Waals surface area (Å²) in [5.74, 6) is -0.672. The summed E-state index contributed by atoms with van der Waals surface area (Å²) in [5, 5.41) is 5.53. The first kappa shape index (κ1) is 13.1. The molecule has 18 heavy (non-hydrogen) atoms. The topological polar surface area (TPSA) is 53.5 Å². The molecule has 0 radical (unpaired) electrons. The summed E-state index contributed by atoms with van der Waals surface area (Å²) in [5.41, 5.74) is -0.862. The van der Waals surface area contributed by atoms with E-state index in [1.807, 2.05) is 0 Å². The fourth-order valence-corrected chi connectivity index (χ4v) is 2.34. The Morgan fingerprint density at radius 1 is 1.33 bits per heavy atom. The summed E-state index contributed by atoms with van der Waals surface area (Å²) in [4.78, 5) is 15.8. The van der Waals surface area contributed by atoms with Crippen LogP contribution < -0.4 is 10.6 Å². The third kappa shape index (κ3) is 1.93. The zero-order chi connectivity index (χ0) is 13.5.